The number of allylic oxidation sites excluding steroid dienone is 5. The molecule has 0 saturated heterocycles. The molecular formula is C49H63ClO3. The van der Waals surface area contributed by atoms with Gasteiger partial charge in [0.2, 0.25) is 0 Å². The lowest BCUT2D eigenvalue weighted by molar-refractivity contribution is -0.105. The van der Waals surface area contributed by atoms with Crippen LogP contribution < -0.4 is 0 Å². The zero-order chi connectivity index (χ0) is 38.4. The Bertz CT molecular complexity index is 1530. The maximum Gasteiger partial charge on any atom is 0.146 e. The number of alkyl halides is 1. The topological polar surface area (TPSA) is 51.2 Å². The molecule has 4 rings (SSSR count). The van der Waals surface area contributed by atoms with E-state index in [4.69, 9.17) is 11.6 Å². The van der Waals surface area contributed by atoms with E-state index in [0.29, 0.717) is 11.8 Å². The molecule has 1 unspecified atom stereocenters. The molecule has 0 bridgehead atoms. The van der Waals surface area contributed by atoms with Crippen molar-refractivity contribution in [2.24, 2.45) is 11.8 Å². The lowest BCUT2D eigenvalue weighted by Gasteiger charge is -2.21. The van der Waals surface area contributed by atoms with E-state index in [1.165, 1.54) is 44.1 Å². The summed E-state index contributed by atoms with van der Waals surface area (Å²) in [5.74, 6) is 2.09. The molecule has 0 N–H and O–H groups in total. The van der Waals surface area contributed by atoms with Crippen molar-refractivity contribution in [2.75, 3.05) is 5.88 Å². The Morgan fingerprint density at radius 1 is 0.642 bits per heavy atom. The first-order valence-electron chi connectivity index (χ1n) is 19.7. The quantitative estimate of drug-likeness (QED) is 0.0405. The summed E-state index contributed by atoms with van der Waals surface area (Å²) in [6.45, 7) is 6.45. The summed E-state index contributed by atoms with van der Waals surface area (Å²) in [4.78, 5) is 33.1. The van der Waals surface area contributed by atoms with Crippen LogP contribution in [-0.4, -0.2) is 24.7 Å². The summed E-state index contributed by atoms with van der Waals surface area (Å²) in [6.07, 6.45) is 27.3. The second-order valence-corrected chi connectivity index (χ2v) is 14.8. The number of carbonyl (C=O) groups is 3. The number of benzene rings is 3. The fraction of sp³-hybridized carbons (Fsp3) is 0.408. The molecule has 0 aromatic heterocycles. The Balaban J connectivity index is 0.000000276. The molecule has 0 radical (unpaired) electrons. The Morgan fingerprint density at radius 2 is 1.11 bits per heavy atom. The van der Waals surface area contributed by atoms with Crippen LogP contribution in [0.2, 0.25) is 0 Å². The average molecular weight is 735 g/mol. The maximum absolute atomic E-state index is 11.1. The van der Waals surface area contributed by atoms with Gasteiger partial charge in [0.05, 0.1) is 0 Å². The summed E-state index contributed by atoms with van der Waals surface area (Å²) >= 11 is 5.60. The maximum atomic E-state index is 11.1. The lowest BCUT2D eigenvalue weighted by atomic mass is 9.85. The highest BCUT2D eigenvalue weighted by Crippen LogP contribution is 2.28. The van der Waals surface area contributed by atoms with Crippen molar-refractivity contribution in [1.82, 2.24) is 0 Å². The van der Waals surface area contributed by atoms with Crippen LogP contribution in [0.4, 0.5) is 0 Å². The molecule has 1 aliphatic carbocycles. The Hall–Kier alpha value is -4.08. The zero-order valence-electron chi connectivity index (χ0n) is 32.6. The van der Waals surface area contributed by atoms with Crippen LogP contribution in [0.5, 0.6) is 0 Å². The Morgan fingerprint density at radius 3 is 1.57 bits per heavy atom. The Kier molecular flexibility index (Phi) is 25.0. The molecule has 53 heavy (non-hydrogen) atoms. The van der Waals surface area contributed by atoms with Crippen molar-refractivity contribution < 1.29 is 14.4 Å². The van der Waals surface area contributed by atoms with Crippen LogP contribution in [0.1, 0.15) is 127 Å². The molecule has 0 spiro atoms. The molecule has 4 heteroatoms. The molecule has 3 aromatic rings. The normalized spacial score (nSPS) is 14.1. The number of unbranched alkanes of at least 4 members (excludes halogenated alkanes) is 2. The molecule has 1 fully saturated rings. The molecule has 1 atom stereocenters. The average Bonchev–Trinajstić information content (AvgIpc) is 3.19. The van der Waals surface area contributed by atoms with E-state index < -0.39 is 0 Å². The van der Waals surface area contributed by atoms with Crippen LogP contribution >= 0.6 is 11.6 Å². The minimum atomic E-state index is 0.538. The molecule has 1 aliphatic rings. The number of aldehydes is 3. The lowest BCUT2D eigenvalue weighted by Crippen LogP contribution is -2.06. The predicted molar refractivity (Wildman–Crippen MR) is 229 cm³/mol. The first-order chi connectivity index (χ1) is 25.9. The number of carbonyl (C=O) groups excluding carboxylic acids is 3. The number of halogens is 1. The smallest absolute Gasteiger partial charge is 0.146 e. The fourth-order valence-corrected chi connectivity index (χ4v) is 6.56. The first kappa shape index (κ1) is 45.1. The molecule has 3 aromatic carbocycles. The standard InChI is InChI=1S/C18H24O.C17H22O.C14H17ClO/c1-15(2)8-7-9-16(3)12-18(14-19)13-17-10-5-4-6-11-17;18-14-17(13-16-9-5-2-6-10-16)12-11-15-7-3-1-4-8-15;15-10-6-2-5-9-14(12-16)11-13-7-3-1-4-8-13/h4-6,8,10-11,13-14,16H,7,9,12H2,1-3H3;2,5-6,9-10,13-15H,1,3-4,7-8,11-12H2;1,3-4,7-8,11-12H,2,5-6,9-10H2/b18-13+;17-13+;14-11+. The molecular weight excluding hydrogens is 672 g/mol. The van der Waals surface area contributed by atoms with E-state index in [-0.39, 0.29) is 0 Å². The summed E-state index contributed by atoms with van der Waals surface area (Å²) in [6, 6.07) is 30.1. The number of rotatable bonds is 19. The third-order valence-corrected chi connectivity index (χ3v) is 9.64. The fourth-order valence-electron chi connectivity index (χ4n) is 6.37. The minimum Gasteiger partial charge on any atom is -0.298 e. The highest BCUT2D eigenvalue weighted by atomic mass is 35.5. The molecule has 0 amide bonds. The van der Waals surface area contributed by atoms with Gasteiger partial charge in [0, 0.05) is 5.88 Å². The summed E-state index contributed by atoms with van der Waals surface area (Å²) in [5, 5.41) is 0. The van der Waals surface area contributed by atoms with E-state index in [0.717, 1.165) is 110 Å². The van der Waals surface area contributed by atoms with E-state index in [9.17, 15) is 14.4 Å². The third kappa shape index (κ3) is 22.6. The van der Waals surface area contributed by atoms with E-state index in [2.05, 4.69) is 26.8 Å². The van der Waals surface area contributed by atoms with E-state index >= 15 is 0 Å². The second-order valence-electron chi connectivity index (χ2n) is 14.5. The van der Waals surface area contributed by atoms with Crippen molar-refractivity contribution in [3.8, 4) is 0 Å². The molecule has 1 saturated carbocycles. The minimum absolute atomic E-state index is 0.538. The van der Waals surface area contributed by atoms with Gasteiger partial charge in [0.25, 0.3) is 0 Å². The van der Waals surface area contributed by atoms with Crippen molar-refractivity contribution >= 4 is 48.7 Å². The first-order valence-corrected chi connectivity index (χ1v) is 20.2. The SMILES string of the molecule is CC(C)=CCCC(C)C/C(C=O)=C\c1ccccc1.O=C/C(=C/c1ccccc1)CCC1CCCCC1.O=C/C(=C/c1ccccc1)CCCCCCl. The number of hydrogen-bond acceptors (Lipinski definition) is 3. The predicted octanol–water partition coefficient (Wildman–Crippen LogP) is 13.7. The van der Waals surface area contributed by atoms with Gasteiger partial charge in [-0.15, -0.1) is 11.6 Å². The summed E-state index contributed by atoms with van der Waals surface area (Å²) in [7, 11) is 0. The number of hydrogen-bond donors (Lipinski definition) is 0. The van der Waals surface area contributed by atoms with Crippen molar-refractivity contribution in [2.45, 2.75) is 111 Å². The van der Waals surface area contributed by atoms with Crippen molar-refractivity contribution in [1.29, 1.82) is 0 Å². The van der Waals surface area contributed by atoms with Gasteiger partial charge in [0.1, 0.15) is 18.9 Å². The monoisotopic (exact) mass is 734 g/mol. The van der Waals surface area contributed by atoms with Crippen LogP contribution in [0.15, 0.2) is 119 Å². The Labute approximate surface area is 326 Å². The van der Waals surface area contributed by atoms with E-state index in [1.54, 1.807) is 0 Å². The van der Waals surface area contributed by atoms with Crippen molar-refractivity contribution in [3.63, 3.8) is 0 Å². The third-order valence-electron chi connectivity index (χ3n) is 9.37. The van der Waals surface area contributed by atoms with Crippen LogP contribution in [0.3, 0.4) is 0 Å². The van der Waals surface area contributed by atoms with Gasteiger partial charge in [0.15, 0.2) is 0 Å². The van der Waals surface area contributed by atoms with Gasteiger partial charge in [-0.05, 0) is 129 Å². The van der Waals surface area contributed by atoms with Gasteiger partial charge in [-0.3, -0.25) is 14.4 Å². The summed E-state index contributed by atoms with van der Waals surface area (Å²) in [5.41, 5.74) is 7.36. The molecule has 284 valence electrons. The molecule has 0 heterocycles. The van der Waals surface area contributed by atoms with Gasteiger partial charge in [-0.1, -0.05) is 148 Å². The van der Waals surface area contributed by atoms with E-state index in [1.807, 2.05) is 109 Å². The van der Waals surface area contributed by atoms with Gasteiger partial charge in [-0.2, -0.15) is 0 Å². The zero-order valence-corrected chi connectivity index (χ0v) is 33.3. The second kappa shape index (κ2) is 29.4. The summed E-state index contributed by atoms with van der Waals surface area (Å²) < 4.78 is 0. The van der Waals surface area contributed by atoms with Gasteiger partial charge in [-0.25, -0.2) is 0 Å². The van der Waals surface area contributed by atoms with Crippen molar-refractivity contribution in [3.05, 3.63) is 136 Å². The highest BCUT2D eigenvalue weighted by Gasteiger charge is 2.13. The van der Waals surface area contributed by atoms with Gasteiger partial charge < -0.3 is 0 Å². The highest BCUT2D eigenvalue weighted by molar-refractivity contribution is 6.17. The van der Waals surface area contributed by atoms with Crippen LogP contribution in [0, 0.1) is 11.8 Å². The van der Waals surface area contributed by atoms with Gasteiger partial charge >= 0.3 is 0 Å². The largest absolute Gasteiger partial charge is 0.298 e. The van der Waals surface area contributed by atoms with Crippen LogP contribution in [-0.2, 0) is 14.4 Å². The molecule has 3 nitrogen and oxygen atoms in total. The molecule has 0 aliphatic heterocycles. The van der Waals surface area contributed by atoms with Crippen LogP contribution in [0.25, 0.3) is 18.2 Å².